The minimum absolute atomic E-state index is 0.324. The SMILES string of the molecule is CCCOc1c(Cl)cc(Cl)cc1CNC[C@H]1CCCO1. The second-order valence-electron chi connectivity index (χ2n) is 4.99. The van der Waals surface area contributed by atoms with Crippen LogP contribution >= 0.6 is 23.2 Å². The van der Waals surface area contributed by atoms with Gasteiger partial charge in [0.15, 0.2) is 0 Å². The molecule has 1 aliphatic heterocycles. The van der Waals surface area contributed by atoms with Gasteiger partial charge in [0.05, 0.1) is 17.7 Å². The van der Waals surface area contributed by atoms with Gasteiger partial charge in [-0.2, -0.15) is 0 Å². The smallest absolute Gasteiger partial charge is 0.142 e. The van der Waals surface area contributed by atoms with Crippen LogP contribution in [0.15, 0.2) is 12.1 Å². The van der Waals surface area contributed by atoms with Crippen molar-refractivity contribution < 1.29 is 9.47 Å². The lowest BCUT2D eigenvalue weighted by Crippen LogP contribution is -2.26. The summed E-state index contributed by atoms with van der Waals surface area (Å²) in [5.74, 6) is 0.734. The van der Waals surface area contributed by atoms with Crippen molar-refractivity contribution in [3.05, 3.63) is 27.7 Å². The van der Waals surface area contributed by atoms with E-state index in [0.717, 1.165) is 43.7 Å². The van der Waals surface area contributed by atoms with Gasteiger partial charge in [-0.3, -0.25) is 0 Å². The van der Waals surface area contributed by atoms with Gasteiger partial charge in [0.1, 0.15) is 5.75 Å². The number of hydrogen-bond donors (Lipinski definition) is 1. The van der Waals surface area contributed by atoms with E-state index >= 15 is 0 Å². The van der Waals surface area contributed by atoms with Crippen molar-refractivity contribution in [2.45, 2.75) is 38.8 Å². The summed E-state index contributed by atoms with van der Waals surface area (Å²) < 4.78 is 11.3. The van der Waals surface area contributed by atoms with Crippen LogP contribution in [0.4, 0.5) is 0 Å². The Labute approximate surface area is 130 Å². The van der Waals surface area contributed by atoms with Crippen LogP contribution in [0.2, 0.25) is 10.0 Å². The minimum atomic E-state index is 0.324. The standard InChI is InChI=1S/C15H21Cl2NO2/c1-2-5-20-15-11(7-12(16)8-14(15)17)9-18-10-13-4-3-6-19-13/h7-8,13,18H,2-6,9-10H2,1H3/t13-/m1/s1. The summed E-state index contributed by atoms with van der Waals surface area (Å²) in [6.07, 6.45) is 3.55. The van der Waals surface area contributed by atoms with E-state index in [2.05, 4.69) is 12.2 Å². The van der Waals surface area contributed by atoms with Crippen molar-refractivity contribution in [1.82, 2.24) is 5.32 Å². The molecule has 112 valence electrons. The summed E-state index contributed by atoms with van der Waals surface area (Å²) in [5.41, 5.74) is 0.994. The number of benzene rings is 1. The highest BCUT2D eigenvalue weighted by Crippen LogP contribution is 2.32. The first-order valence-electron chi connectivity index (χ1n) is 7.13. The minimum Gasteiger partial charge on any atom is -0.492 e. The van der Waals surface area contributed by atoms with E-state index in [4.69, 9.17) is 32.7 Å². The van der Waals surface area contributed by atoms with E-state index < -0.39 is 0 Å². The Morgan fingerprint density at radius 3 is 2.95 bits per heavy atom. The first-order valence-corrected chi connectivity index (χ1v) is 7.89. The quantitative estimate of drug-likeness (QED) is 0.823. The van der Waals surface area contributed by atoms with Crippen molar-refractivity contribution in [1.29, 1.82) is 0 Å². The number of halogens is 2. The van der Waals surface area contributed by atoms with Gasteiger partial charge in [-0.25, -0.2) is 0 Å². The molecular weight excluding hydrogens is 297 g/mol. The topological polar surface area (TPSA) is 30.5 Å². The summed E-state index contributed by atoms with van der Waals surface area (Å²) in [6, 6.07) is 3.62. The molecule has 0 radical (unpaired) electrons. The first kappa shape index (κ1) is 15.9. The van der Waals surface area contributed by atoms with E-state index in [1.165, 1.54) is 0 Å². The van der Waals surface area contributed by atoms with Crippen molar-refractivity contribution in [2.75, 3.05) is 19.8 Å². The summed E-state index contributed by atoms with van der Waals surface area (Å²) >= 11 is 12.3. The zero-order valence-electron chi connectivity index (χ0n) is 11.8. The molecule has 1 N–H and O–H groups in total. The molecule has 1 saturated heterocycles. The monoisotopic (exact) mass is 317 g/mol. The average Bonchev–Trinajstić information content (AvgIpc) is 2.91. The van der Waals surface area contributed by atoms with Crippen LogP contribution in [0, 0.1) is 0 Å². The fraction of sp³-hybridized carbons (Fsp3) is 0.600. The molecular formula is C15H21Cl2NO2. The lowest BCUT2D eigenvalue weighted by Gasteiger charge is -2.15. The molecule has 0 unspecified atom stereocenters. The second-order valence-corrected chi connectivity index (χ2v) is 5.83. The van der Waals surface area contributed by atoms with Gasteiger partial charge >= 0.3 is 0 Å². The normalized spacial score (nSPS) is 18.4. The largest absolute Gasteiger partial charge is 0.492 e. The maximum Gasteiger partial charge on any atom is 0.142 e. The molecule has 0 amide bonds. The van der Waals surface area contributed by atoms with Gasteiger partial charge in [0.25, 0.3) is 0 Å². The maximum atomic E-state index is 6.21. The molecule has 5 heteroatoms. The molecule has 1 atom stereocenters. The highest BCUT2D eigenvalue weighted by atomic mass is 35.5. The summed E-state index contributed by atoms with van der Waals surface area (Å²) in [7, 11) is 0. The number of rotatable bonds is 7. The lowest BCUT2D eigenvalue weighted by atomic mass is 10.2. The van der Waals surface area contributed by atoms with Crippen molar-refractivity contribution in [2.24, 2.45) is 0 Å². The number of nitrogens with one attached hydrogen (secondary N) is 1. The molecule has 20 heavy (non-hydrogen) atoms. The summed E-state index contributed by atoms with van der Waals surface area (Å²) in [5, 5.41) is 4.59. The van der Waals surface area contributed by atoms with Gasteiger partial charge in [0.2, 0.25) is 0 Å². The fourth-order valence-corrected chi connectivity index (χ4v) is 2.87. The molecule has 1 aromatic carbocycles. The predicted octanol–water partition coefficient (Wildman–Crippen LogP) is 4.05. The lowest BCUT2D eigenvalue weighted by molar-refractivity contribution is 0.110. The maximum absolute atomic E-state index is 6.21. The van der Waals surface area contributed by atoms with Crippen LogP contribution in [0.3, 0.4) is 0 Å². The Hall–Kier alpha value is -0.480. The van der Waals surface area contributed by atoms with E-state index in [0.29, 0.717) is 29.3 Å². The molecule has 0 bridgehead atoms. The van der Waals surface area contributed by atoms with Crippen LogP contribution in [-0.4, -0.2) is 25.9 Å². The van der Waals surface area contributed by atoms with Gasteiger partial charge in [0, 0.05) is 30.3 Å². The van der Waals surface area contributed by atoms with Crippen LogP contribution in [0.25, 0.3) is 0 Å². The predicted molar refractivity (Wildman–Crippen MR) is 82.9 cm³/mol. The first-order chi connectivity index (χ1) is 9.70. The highest BCUT2D eigenvalue weighted by Gasteiger charge is 2.16. The van der Waals surface area contributed by atoms with Crippen molar-refractivity contribution in [3.8, 4) is 5.75 Å². The van der Waals surface area contributed by atoms with Crippen LogP contribution in [-0.2, 0) is 11.3 Å². The van der Waals surface area contributed by atoms with Crippen molar-refractivity contribution >= 4 is 23.2 Å². The molecule has 1 heterocycles. The van der Waals surface area contributed by atoms with Gasteiger partial charge < -0.3 is 14.8 Å². The average molecular weight is 318 g/mol. The van der Waals surface area contributed by atoms with Crippen LogP contribution < -0.4 is 10.1 Å². The molecule has 1 aliphatic rings. The molecule has 0 aromatic heterocycles. The van der Waals surface area contributed by atoms with E-state index in [-0.39, 0.29) is 0 Å². The molecule has 0 spiro atoms. The third kappa shape index (κ3) is 4.52. The van der Waals surface area contributed by atoms with Crippen molar-refractivity contribution in [3.63, 3.8) is 0 Å². The molecule has 0 saturated carbocycles. The molecule has 1 fully saturated rings. The van der Waals surface area contributed by atoms with E-state index in [1.807, 2.05) is 6.07 Å². The van der Waals surface area contributed by atoms with Crippen LogP contribution in [0.1, 0.15) is 31.7 Å². The molecule has 3 nitrogen and oxygen atoms in total. The zero-order chi connectivity index (χ0) is 14.4. The number of ether oxygens (including phenoxy) is 2. The van der Waals surface area contributed by atoms with Gasteiger partial charge in [-0.05, 0) is 31.4 Å². The Morgan fingerprint density at radius 2 is 2.25 bits per heavy atom. The Morgan fingerprint density at radius 1 is 1.40 bits per heavy atom. The van der Waals surface area contributed by atoms with Gasteiger partial charge in [-0.15, -0.1) is 0 Å². The highest BCUT2D eigenvalue weighted by molar-refractivity contribution is 6.35. The van der Waals surface area contributed by atoms with Gasteiger partial charge in [-0.1, -0.05) is 30.1 Å². The third-order valence-corrected chi connectivity index (χ3v) is 3.75. The molecule has 2 rings (SSSR count). The van der Waals surface area contributed by atoms with E-state index in [9.17, 15) is 0 Å². The number of hydrogen-bond acceptors (Lipinski definition) is 3. The fourth-order valence-electron chi connectivity index (χ4n) is 2.28. The second kappa shape index (κ2) is 8.08. The third-order valence-electron chi connectivity index (χ3n) is 3.25. The zero-order valence-corrected chi connectivity index (χ0v) is 13.3. The Kier molecular flexibility index (Phi) is 6.43. The summed E-state index contributed by atoms with van der Waals surface area (Å²) in [4.78, 5) is 0. The summed E-state index contributed by atoms with van der Waals surface area (Å²) in [6.45, 7) is 5.12. The Balaban J connectivity index is 1.96. The molecule has 0 aliphatic carbocycles. The van der Waals surface area contributed by atoms with Crippen LogP contribution in [0.5, 0.6) is 5.75 Å². The van der Waals surface area contributed by atoms with E-state index in [1.54, 1.807) is 6.07 Å². The molecule has 1 aromatic rings. The Bertz CT molecular complexity index is 434.